The van der Waals surface area contributed by atoms with Crippen molar-refractivity contribution in [2.45, 2.75) is 0 Å². The molecule has 0 radical (unpaired) electrons. The Balaban J connectivity index is 2.72. The zero-order valence-corrected chi connectivity index (χ0v) is 8.23. The van der Waals surface area contributed by atoms with E-state index in [9.17, 15) is 0 Å². The Hall–Kier alpha value is -2.21. The lowest BCUT2D eigenvalue weighted by Gasteiger charge is -2.07. The van der Waals surface area contributed by atoms with Crippen LogP contribution in [0.2, 0.25) is 0 Å². The molecule has 0 fully saturated rings. The molecule has 74 valence electrons. The van der Waals surface area contributed by atoms with Gasteiger partial charge in [-0.3, -0.25) is 0 Å². The number of hydrogen-bond acceptors (Lipinski definition) is 3. The Labute approximate surface area is 87.5 Å². The third kappa shape index (κ3) is 1.57. The molecule has 0 aliphatic carbocycles. The average molecular weight is 199 g/mol. The van der Waals surface area contributed by atoms with Gasteiger partial charge in [-0.15, -0.1) is 5.26 Å². The molecule has 0 spiro atoms. The first-order valence-electron chi connectivity index (χ1n) is 4.48. The molecule has 0 bridgehead atoms. The molecule has 0 heterocycles. The van der Waals surface area contributed by atoms with Crippen LogP contribution in [0.1, 0.15) is 0 Å². The van der Waals surface area contributed by atoms with Crippen molar-refractivity contribution >= 4 is 10.8 Å². The summed E-state index contributed by atoms with van der Waals surface area (Å²) >= 11 is 0. The fourth-order valence-electron chi connectivity index (χ4n) is 1.56. The van der Waals surface area contributed by atoms with Gasteiger partial charge in [-0.05, 0) is 12.1 Å². The maximum Gasteiger partial charge on any atom is 0.292 e. The Morgan fingerprint density at radius 3 is 2.20 bits per heavy atom. The molecule has 15 heavy (non-hydrogen) atoms. The van der Waals surface area contributed by atoms with Crippen LogP contribution in [-0.2, 0) is 0 Å². The van der Waals surface area contributed by atoms with E-state index in [-0.39, 0.29) is 0 Å². The molecule has 0 amide bonds. The van der Waals surface area contributed by atoms with E-state index in [1.165, 1.54) is 0 Å². The SMILES string of the molecule is COc1ccc(OC#N)c2ccccc12. The van der Waals surface area contributed by atoms with Gasteiger partial charge in [0.1, 0.15) is 11.5 Å². The summed E-state index contributed by atoms with van der Waals surface area (Å²) < 4.78 is 10.1. The van der Waals surface area contributed by atoms with Crippen molar-refractivity contribution in [3.8, 4) is 17.8 Å². The largest absolute Gasteiger partial charge is 0.496 e. The molecule has 3 nitrogen and oxygen atoms in total. The molecule has 0 unspecified atom stereocenters. The number of fused-ring (bicyclic) bond motifs is 1. The second kappa shape index (κ2) is 3.89. The summed E-state index contributed by atoms with van der Waals surface area (Å²) in [4.78, 5) is 0. The molecule has 2 rings (SSSR count). The van der Waals surface area contributed by atoms with E-state index in [0.29, 0.717) is 5.75 Å². The van der Waals surface area contributed by atoms with Crippen molar-refractivity contribution in [2.24, 2.45) is 0 Å². The highest BCUT2D eigenvalue weighted by atomic mass is 16.5. The van der Waals surface area contributed by atoms with Crippen LogP contribution >= 0.6 is 0 Å². The van der Waals surface area contributed by atoms with Crippen molar-refractivity contribution in [3.63, 3.8) is 0 Å². The summed E-state index contributed by atoms with van der Waals surface area (Å²) in [5.74, 6) is 1.32. The predicted octanol–water partition coefficient (Wildman–Crippen LogP) is 2.71. The van der Waals surface area contributed by atoms with Crippen LogP contribution in [-0.4, -0.2) is 7.11 Å². The Morgan fingerprint density at radius 2 is 1.60 bits per heavy atom. The highest BCUT2D eigenvalue weighted by Gasteiger charge is 2.06. The van der Waals surface area contributed by atoms with Crippen LogP contribution in [0, 0.1) is 11.5 Å². The molecule has 2 aromatic rings. The first kappa shape index (κ1) is 9.35. The van der Waals surface area contributed by atoms with Crippen LogP contribution in [0.5, 0.6) is 11.5 Å². The highest BCUT2D eigenvalue weighted by Crippen LogP contribution is 2.32. The summed E-state index contributed by atoms with van der Waals surface area (Å²) in [7, 11) is 1.62. The molecule has 0 N–H and O–H groups in total. The summed E-state index contributed by atoms with van der Waals surface area (Å²) in [6, 6.07) is 11.1. The minimum atomic E-state index is 0.550. The van der Waals surface area contributed by atoms with Crippen LogP contribution in [0.25, 0.3) is 10.8 Å². The van der Waals surface area contributed by atoms with E-state index in [4.69, 9.17) is 14.7 Å². The van der Waals surface area contributed by atoms with Gasteiger partial charge >= 0.3 is 0 Å². The maximum atomic E-state index is 8.50. The number of benzene rings is 2. The Morgan fingerprint density at radius 1 is 1.00 bits per heavy atom. The summed E-state index contributed by atoms with van der Waals surface area (Å²) in [5.41, 5.74) is 0. The van der Waals surface area contributed by atoms with Crippen molar-refractivity contribution < 1.29 is 9.47 Å². The van der Waals surface area contributed by atoms with Gasteiger partial charge in [-0.2, -0.15) is 0 Å². The zero-order valence-electron chi connectivity index (χ0n) is 8.23. The lowest BCUT2D eigenvalue weighted by molar-refractivity contribution is 0.419. The molecule has 3 heteroatoms. The third-order valence-corrected chi connectivity index (χ3v) is 2.22. The molecule has 2 aromatic carbocycles. The number of hydrogen-bond donors (Lipinski definition) is 0. The standard InChI is InChI=1S/C12H9NO2/c1-14-11-6-7-12(15-8-13)10-5-3-2-4-9(10)11/h2-7H,1H3. The van der Waals surface area contributed by atoms with E-state index in [1.54, 1.807) is 25.5 Å². The fraction of sp³-hybridized carbons (Fsp3) is 0.0833. The molecule has 0 aliphatic rings. The van der Waals surface area contributed by atoms with E-state index in [0.717, 1.165) is 16.5 Å². The Bertz CT molecular complexity index is 529. The number of nitriles is 1. The summed E-state index contributed by atoms with van der Waals surface area (Å²) in [5, 5.41) is 10.3. The van der Waals surface area contributed by atoms with E-state index in [2.05, 4.69) is 0 Å². The van der Waals surface area contributed by atoms with Crippen LogP contribution in [0.3, 0.4) is 0 Å². The number of methoxy groups -OCH3 is 1. The topological polar surface area (TPSA) is 42.2 Å². The molecular weight excluding hydrogens is 190 g/mol. The van der Waals surface area contributed by atoms with Crippen LogP contribution < -0.4 is 9.47 Å². The van der Waals surface area contributed by atoms with Crippen LogP contribution in [0.4, 0.5) is 0 Å². The van der Waals surface area contributed by atoms with E-state index in [1.807, 2.05) is 24.3 Å². The monoisotopic (exact) mass is 199 g/mol. The van der Waals surface area contributed by atoms with Gasteiger partial charge in [0, 0.05) is 10.8 Å². The molecule has 0 saturated carbocycles. The van der Waals surface area contributed by atoms with Gasteiger partial charge in [0.15, 0.2) is 0 Å². The van der Waals surface area contributed by atoms with Gasteiger partial charge in [0.05, 0.1) is 7.11 Å². The highest BCUT2D eigenvalue weighted by molar-refractivity contribution is 5.93. The second-order valence-corrected chi connectivity index (χ2v) is 3.00. The average Bonchev–Trinajstić information content (AvgIpc) is 2.30. The van der Waals surface area contributed by atoms with Crippen molar-refractivity contribution in [3.05, 3.63) is 36.4 Å². The van der Waals surface area contributed by atoms with E-state index < -0.39 is 0 Å². The number of nitrogens with zero attached hydrogens (tertiary/aromatic N) is 1. The minimum Gasteiger partial charge on any atom is -0.496 e. The molecule has 0 saturated heterocycles. The van der Waals surface area contributed by atoms with Gasteiger partial charge in [0.2, 0.25) is 0 Å². The van der Waals surface area contributed by atoms with Gasteiger partial charge in [0.25, 0.3) is 6.26 Å². The van der Waals surface area contributed by atoms with Crippen molar-refractivity contribution in [1.82, 2.24) is 0 Å². The molecule has 0 aromatic heterocycles. The minimum absolute atomic E-state index is 0.550. The van der Waals surface area contributed by atoms with Crippen LogP contribution in [0.15, 0.2) is 36.4 Å². The summed E-state index contributed by atoms with van der Waals surface area (Å²) in [6.45, 7) is 0. The van der Waals surface area contributed by atoms with Gasteiger partial charge in [-0.25, -0.2) is 0 Å². The van der Waals surface area contributed by atoms with Crippen molar-refractivity contribution in [2.75, 3.05) is 7.11 Å². The smallest absolute Gasteiger partial charge is 0.292 e. The predicted molar refractivity (Wildman–Crippen MR) is 56.7 cm³/mol. The fourth-order valence-corrected chi connectivity index (χ4v) is 1.56. The summed E-state index contributed by atoms with van der Waals surface area (Å²) in [6.07, 6.45) is 1.67. The lowest BCUT2D eigenvalue weighted by Crippen LogP contribution is -1.88. The lowest BCUT2D eigenvalue weighted by atomic mass is 10.1. The van der Waals surface area contributed by atoms with Crippen molar-refractivity contribution in [1.29, 1.82) is 5.26 Å². The molecular formula is C12H9NO2. The molecule has 0 aliphatic heterocycles. The van der Waals surface area contributed by atoms with Gasteiger partial charge in [-0.1, -0.05) is 24.3 Å². The maximum absolute atomic E-state index is 8.50. The van der Waals surface area contributed by atoms with E-state index >= 15 is 0 Å². The third-order valence-electron chi connectivity index (χ3n) is 2.22. The first-order chi connectivity index (χ1) is 7.36. The normalized spacial score (nSPS) is 9.60. The zero-order chi connectivity index (χ0) is 10.7. The number of ether oxygens (including phenoxy) is 2. The first-order valence-corrected chi connectivity index (χ1v) is 4.48. The quantitative estimate of drug-likeness (QED) is 0.698. The molecule has 0 atom stereocenters. The van der Waals surface area contributed by atoms with Gasteiger partial charge < -0.3 is 9.47 Å². The second-order valence-electron chi connectivity index (χ2n) is 3.00. The number of rotatable bonds is 2. The Kier molecular flexibility index (Phi) is 2.42.